The van der Waals surface area contributed by atoms with Gasteiger partial charge >= 0.3 is 17.9 Å². The van der Waals surface area contributed by atoms with Gasteiger partial charge in [-0.25, -0.2) is 14.4 Å². The summed E-state index contributed by atoms with van der Waals surface area (Å²) < 4.78 is 34.7. The van der Waals surface area contributed by atoms with Gasteiger partial charge in [0.1, 0.15) is 28.8 Å². The number of carbonyl (C=O) groups is 3. The van der Waals surface area contributed by atoms with Crippen LogP contribution in [0, 0.1) is 5.41 Å². The Morgan fingerprint density at radius 1 is 0.638 bits per heavy atom. The van der Waals surface area contributed by atoms with Gasteiger partial charge in [-0.05, 0) is 151 Å². The fraction of sp³-hybridized carbons (Fsp3) is 0.463. The van der Waals surface area contributed by atoms with Gasteiger partial charge < -0.3 is 48.9 Å². The first-order valence-electron chi connectivity index (χ1n) is 24.4. The molecule has 3 aliphatic rings. The maximum absolute atomic E-state index is 13.5. The molecule has 3 aromatic rings. The predicted octanol–water partition coefficient (Wildman–Crippen LogP) is 8.32. The summed E-state index contributed by atoms with van der Waals surface area (Å²) in [6, 6.07) is 18.1. The van der Waals surface area contributed by atoms with Gasteiger partial charge in [0.15, 0.2) is 0 Å². The zero-order valence-electron chi connectivity index (χ0n) is 40.7. The van der Waals surface area contributed by atoms with Gasteiger partial charge in [-0.2, -0.15) is 5.10 Å². The lowest BCUT2D eigenvalue weighted by molar-refractivity contribution is -0.138. The molecule has 6 rings (SSSR count). The number of nitrogens with one attached hydrogen (secondary N) is 2. The number of hydrogen-bond acceptors (Lipinski definition) is 15. The van der Waals surface area contributed by atoms with Gasteiger partial charge in [-0.15, -0.1) is 0 Å². The van der Waals surface area contributed by atoms with Crippen LogP contribution in [0.25, 0.3) is 5.76 Å². The van der Waals surface area contributed by atoms with Crippen LogP contribution in [0.1, 0.15) is 97.7 Å². The van der Waals surface area contributed by atoms with E-state index in [1.165, 1.54) is 24.7 Å². The quantitative estimate of drug-likeness (QED) is 0.0197. The van der Waals surface area contributed by atoms with Crippen molar-refractivity contribution in [2.24, 2.45) is 5.10 Å². The number of nitrogens with zero attached hydrogens (tertiary/aromatic N) is 4. The van der Waals surface area contributed by atoms with E-state index in [4.69, 9.17) is 38.9 Å². The van der Waals surface area contributed by atoms with Crippen molar-refractivity contribution < 1.29 is 42.8 Å². The normalized spacial score (nSPS) is 14.9. The van der Waals surface area contributed by atoms with Crippen molar-refractivity contribution in [3.63, 3.8) is 0 Å². The molecule has 3 aromatic carbocycles. The highest BCUT2D eigenvalue weighted by Gasteiger charge is 2.22. The molecule has 0 unspecified atom stereocenters. The predicted molar refractivity (Wildman–Crippen MR) is 271 cm³/mol. The molecule has 2 heterocycles. The summed E-state index contributed by atoms with van der Waals surface area (Å²) in [5.41, 5.74) is 3.43. The highest BCUT2D eigenvalue weighted by molar-refractivity contribution is 5.95. The molecular weight excluding hydrogens is 877 g/mol. The minimum absolute atomic E-state index is 0.215. The lowest BCUT2D eigenvalue weighted by Crippen LogP contribution is -2.41. The first kappa shape index (κ1) is 53.7. The smallest absolute Gasteiger partial charge is 0.343 e. The summed E-state index contributed by atoms with van der Waals surface area (Å²) in [5, 5.41) is 18.4. The van der Waals surface area contributed by atoms with Crippen LogP contribution in [0.15, 0.2) is 96.6 Å². The first-order chi connectivity index (χ1) is 33.6. The molecule has 2 aliphatic heterocycles. The molecule has 0 radical (unpaired) electrons. The maximum atomic E-state index is 13.5. The zero-order valence-corrected chi connectivity index (χ0v) is 40.7. The van der Waals surface area contributed by atoms with Crippen molar-refractivity contribution >= 4 is 36.1 Å². The Labute approximate surface area is 408 Å². The summed E-state index contributed by atoms with van der Waals surface area (Å²) >= 11 is 0. The van der Waals surface area contributed by atoms with Gasteiger partial charge in [-0.3, -0.25) is 5.01 Å². The fourth-order valence-corrected chi connectivity index (χ4v) is 7.35. The van der Waals surface area contributed by atoms with E-state index in [-0.39, 0.29) is 5.75 Å². The lowest BCUT2D eigenvalue weighted by atomic mass is 9.89. The van der Waals surface area contributed by atoms with Crippen LogP contribution in [0.4, 0.5) is 0 Å². The van der Waals surface area contributed by atoms with Crippen molar-refractivity contribution in [3.05, 3.63) is 114 Å². The molecule has 0 bridgehead atoms. The lowest BCUT2D eigenvalue weighted by Gasteiger charge is -2.30. The van der Waals surface area contributed by atoms with Gasteiger partial charge in [0.2, 0.25) is 0 Å². The third-order valence-corrected chi connectivity index (χ3v) is 11.8. The largest absolute Gasteiger partial charge is 0.494 e. The van der Waals surface area contributed by atoms with Crippen molar-refractivity contribution in [3.8, 4) is 23.0 Å². The molecule has 2 N–H and O–H groups in total. The first-order valence-corrected chi connectivity index (χ1v) is 24.4. The van der Waals surface area contributed by atoms with Gasteiger partial charge in [0.25, 0.3) is 0 Å². The van der Waals surface area contributed by atoms with Crippen molar-refractivity contribution in [2.45, 2.75) is 70.6 Å². The SMILES string of the molecule is C=CC(=O)OCCCCCCOc1ccc(C(=O)Oc2cc(/C=N/N3CCN(C)CC3)c(OC(=C3CCC3)c3ccc(OCCCCCCOC(=O)C=C)cc3)cc2C=N)cc1.CN1CCNCC1. The van der Waals surface area contributed by atoms with E-state index in [2.05, 4.69) is 42.4 Å². The second-order valence-electron chi connectivity index (χ2n) is 17.2. The molecule has 1 saturated carbocycles. The number of hydrazone groups is 1. The third-order valence-electron chi connectivity index (χ3n) is 11.8. The Morgan fingerprint density at radius 3 is 1.61 bits per heavy atom. The van der Waals surface area contributed by atoms with Gasteiger partial charge in [-0.1, -0.05) is 13.2 Å². The monoisotopic (exact) mass is 949 g/mol. The van der Waals surface area contributed by atoms with Crippen LogP contribution in [0.3, 0.4) is 0 Å². The van der Waals surface area contributed by atoms with E-state index in [0.29, 0.717) is 54.6 Å². The number of unbranched alkanes of at least 4 members (excludes halogenated alkanes) is 6. The molecule has 2 saturated heterocycles. The number of ether oxygens (including phenoxy) is 6. The number of esters is 3. The van der Waals surface area contributed by atoms with E-state index >= 15 is 0 Å². The second-order valence-corrected chi connectivity index (χ2v) is 17.2. The molecule has 15 heteroatoms. The number of allylic oxidation sites excluding steroid dienone is 1. The molecule has 372 valence electrons. The zero-order chi connectivity index (χ0) is 49.1. The second kappa shape index (κ2) is 30.3. The highest BCUT2D eigenvalue weighted by atomic mass is 16.5. The number of rotatable bonds is 26. The van der Waals surface area contributed by atoms with Crippen molar-refractivity contribution in [1.82, 2.24) is 20.1 Å². The molecule has 0 aromatic heterocycles. The molecule has 0 atom stereocenters. The van der Waals surface area contributed by atoms with Crippen LogP contribution >= 0.6 is 0 Å². The molecule has 1 aliphatic carbocycles. The number of benzene rings is 3. The van der Waals surface area contributed by atoms with Gasteiger partial charge in [0, 0.05) is 87.4 Å². The Balaban J connectivity index is 0.00000116. The van der Waals surface area contributed by atoms with Crippen LogP contribution in [-0.2, 0) is 19.1 Å². The Hall–Kier alpha value is -6.29. The van der Waals surface area contributed by atoms with Crippen LogP contribution in [-0.4, -0.2) is 138 Å². The number of carbonyl (C=O) groups excluding carboxylic acids is 3. The van der Waals surface area contributed by atoms with Crippen molar-refractivity contribution in [1.29, 1.82) is 5.41 Å². The summed E-state index contributed by atoms with van der Waals surface area (Å²) in [6.45, 7) is 16.7. The molecule has 15 nitrogen and oxygen atoms in total. The van der Waals surface area contributed by atoms with Crippen LogP contribution < -0.4 is 24.3 Å². The summed E-state index contributed by atoms with van der Waals surface area (Å²) in [4.78, 5) is 40.4. The topological polar surface area (TPSA) is 165 Å². The third kappa shape index (κ3) is 19.3. The molecule has 69 heavy (non-hydrogen) atoms. The Bertz CT molecular complexity index is 2160. The van der Waals surface area contributed by atoms with E-state index in [1.807, 2.05) is 29.3 Å². The van der Waals surface area contributed by atoms with E-state index in [9.17, 15) is 14.4 Å². The van der Waals surface area contributed by atoms with Gasteiger partial charge in [0.05, 0.1) is 38.2 Å². The number of likely N-dealkylation sites (N-methyl/N-ethyl adjacent to an activating group) is 2. The standard InChI is InChI=1S/C49H60N4O9.C5H12N2/c1-4-46(54)59-31-12-8-6-10-29-57-42-21-17-38(18-22-42)48(37-15-14-16-37)61-45-33-40(35-50)44(34-41(45)36-51-53-27-25-52(3)26-28-53)62-49(56)39-19-23-43(24-20-39)58-30-11-7-9-13-32-60-47(55)5-2;1-7-4-2-6-3-5-7/h4-5,17-24,33-36,50H,1-2,6-16,25-32H2,3H3;6H,2-5H2,1H3/b50-35?,51-36+;. The average molecular weight is 949 g/mol. The van der Waals surface area contributed by atoms with Crippen molar-refractivity contribution in [2.75, 3.05) is 92.9 Å². The Kier molecular flexibility index (Phi) is 23.5. The summed E-state index contributed by atoms with van der Waals surface area (Å²) in [5.74, 6) is 1.49. The van der Waals surface area contributed by atoms with E-state index in [0.717, 1.165) is 139 Å². The summed E-state index contributed by atoms with van der Waals surface area (Å²) in [7, 11) is 4.24. The van der Waals surface area contributed by atoms with Crippen LogP contribution in [0.5, 0.6) is 23.0 Å². The minimum Gasteiger partial charge on any atom is -0.494 e. The average Bonchev–Trinajstić information content (AvgIpc) is 3.35. The van der Waals surface area contributed by atoms with Crippen LogP contribution in [0.2, 0.25) is 0 Å². The minimum atomic E-state index is -0.571. The molecule has 0 amide bonds. The Morgan fingerprint density at radius 2 is 1.13 bits per heavy atom. The van der Waals surface area contributed by atoms with E-state index in [1.54, 1.807) is 42.6 Å². The molecular formula is C54H72N6O9. The maximum Gasteiger partial charge on any atom is 0.343 e. The highest BCUT2D eigenvalue weighted by Crippen LogP contribution is 2.38. The van der Waals surface area contributed by atoms with E-state index < -0.39 is 17.9 Å². The fourth-order valence-electron chi connectivity index (χ4n) is 7.35. The number of piperazine rings is 2. The molecule has 3 fully saturated rings. The summed E-state index contributed by atoms with van der Waals surface area (Å²) in [6.07, 6.45) is 15.2. The number of hydrogen-bond donors (Lipinski definition) is 2. The molecule has 0 spiro atoms.